The molecule has 0 saturated carbocycles. The Hall–Kier alpha value is -3.86. The van der Waals surface area contributed by atoms with Crippen molar-refractivity contribution >= 4 is 34.4 Å². The first-order valence-corrected chi connectivity index (χ1v) is 8.89. The monoisotopic (exact) mass is 369 g/mol. The minimum Gasteiger partial charge on any atom is -0.497 e. The van der Waals surface area contributed by atoms with E-state index < -0.39 is 0 Å². The number of aromatic amines is 1. The third kappa shape index (κ3) is 3.64. The van der Waals surface area contributed by atoms with Gasteiger partial charge in [-0.1, -0.05) is 42.5 Å². The zero-order chi connectivity index (χ0) is 19.3. The van der Waals surface area contributed by atoms with Crippen LogP contribution in [-0.4, -0.2) is 17.1 Å². The summed E-state index contributed by atoms with van der Waals surface area (Å²) < 4.78 is 5.27. The summed E-state index contributed by atoms with van der Waals surface area (Å²) in [6, 6.07) is 19.3. The Labute approximate surface area is 162 Å². The number of fused-ring (bicyclic) bond motifs is 1. The van der Waals surface area contributed by atoms with Gasteiger partial charge in [-0.3, -0.25) is 4.79 Å². The van der Waals surface area contributed by atoms with Crippen LogP contribution in [0.25, 0.3) is 22.9 Å². The Bertz CT molecular complexity index is 1200. The zero-order valence-electron chi connectivity index (χ0n) is 15.3. The number of H-pyrrole nitrogens is 1. The van der Waals surface area contributed by atoms with Crippen LogP contribution in [0.5, 0.6) is 5.75 Å². The van der Waals surface area contributed by atoms with E-state index in [1.54, 1.807) is 19.5 Å². The summed E-state index contributed by atoms with van der Waals surface area (Å²) in [4.78, 5) is 19.8. The van der Waals surface area contributed by atoms with Crippen LogP contribution >= 0.6 is 0 Å². The number of hydrogen-bond donors (Lipinski definition) is 2. The normalized spacial score (nSPS) is 11.0. The Kier molecular flexibility index (Phi) is 4.89. The largest absolute Gasteiger partial charge is 0.497 e. The van der Waals surface area contributed by atoms with Crippen LogP contribution in [0.2, 0.25) is 0 Å². The minimum atomic E-state index is -0.180. The smallest absolute Gasteiger partial charge is 0.259 e. The molecule has 5 nitrogen and oxygen atoms in total. The molecule has 4 rings (SSSR count). The van der Waals surface area contributed by atoms with Crippen LogP contribution in [0, 0.1) is 0 Å². The highest BCUT2D eigenvalue weighted by Crippen LogP contribution is 2.25. The number of anilines is 2. The van der Waals surface area contributed by atoms with Gasteiger partial charge in [-0.15, -0.1) is 0 Å². The van der Waals surface area contributed by atoms with E-state index in [0.717, 1.165) is 28.0 Å². The van der Waals surface area contributed by atoms with E-state index in [0.29, 0.717) is 11.2 Å². The zero-order valence-corrected chi connectivity index (χ0v) is 15.3. The first-order chi connectivity index (χ1) is 13.7. The number of methoxy groups -OCH3 is 1. The molecule has 2 heterocycles. The van der Waals surface area contributed by atoms with Crippen molar-refractivity contribution in [2.75, 3.05) is 12.4 Å². The average molecular weight is 369 g/mol. The maximum Gasteiger partial charge on any atom is 0.259 e. The lowest BCUT2D eigenvalue weighted by molar-refractivity contribution is 0.414. The highest BCUT2D eigenvalue weighted by molar-refractivity contribution is 5.98. The second kappa shape index (κ2) is 7.80. The van der Waals surface area contributed by atoms with Gasteiger partial charge in [0.05, 0.1) is 12.5 Å². The van der Waals surface area contributed by atoms with Gasteiger partial charge < -0.3 is 15.0 Å². The van der Waals surface area contributed by atoms with E-state index in [1.165, 1.54) is 0 Å². The number of nitrogens with zero attached hydrogens (tertiary/aromatic N) is 1. The Morgan fingerprint density at radius 1 is 1.04 bits per heavy atom. The number of hydrogen-bond acceptors (Lipinski definition) is 4. The fraction of sp³-hybridized carbons (Fsp3) is 0.0435. The summed E-state index contributed by atoms with van der Waals surface area (Å²) in [6.45, 7) is 0. The Morgan fingerprint density at radius 3 is 2.71 bits per heavy atom. The maximum atomic E-state index is 12.5. The SMILES string of the molecule is COc1cccc(C=Cc2cnc(Nc3ccccc3)c3c(=O)[nH]ccc23)c1. The molecule has 2 aromatic carbocycles. The van der Waals surface area contributed by atoms with Gasteiger partial charge in [0.15, 0.2) is 0 Å². The number of rotatable bonds is 5. The van der Waals surface area contributed by atoms with Crippen LogP contribution in [0.1, 0.15) is 11.1 Å². The molecule has 2 aromatic heterocycles. The van der Waals surface area contributed by atoms with Crippen molar-refractivity contribution in [2.24, 2.45) is 0 Å². The average Bonchev–Trinajstić information content (AvgIpc) is 2.74. The predicted molar refractivity (Wildman–Crippen MR) is 114 cm³/mol. The number of ether oxygens (including phenoxy) is 1. The van der Waals surface area contributed by atoms with Crippen molar-refractivity contribution in [2.45, 2.75) is 0 Å². The van der Waals surface area contributed by atoms with Crippen molar-refractivity contribution in [1.82, 2.24) is 9.97 Å². The van der Waals surface area contributed by atoms with E-state index in [-0.39, 0.29) is 5.56 Å². The number of benzene rings is 2. The molecule has 2 N–H and O–H groups in total. The molecule has 138 valence electrons. The highest BCUT2D eigenvalue weighted by atomic mass is 16.5. The number of aromatic nitrogens is 2. The third-order valence-corrected chi connectivity index (χ3v) is 4.43. The van der Waals surface area contributed by atoms with E-state index >= 15 is 0 Å². The molecule has 0 bridgehead atoms. The van der Waals surface area contributed by atoms with Gasteiger partial charge in [0, 0.05) is 29.0 Å². The predicted octanol–water partition coefficient (Wildman–Crippen LogP) is 4.85. The van der Waals surface area contributed by atoms with E-state index in [4.69, 9.17) is 4.74 Å². The molecule has 0 aliphatic rings. The van der Waals surface area contributed by atoms with Gasteiger partial charge in [0.2, 0.25) is 0 Å². The molecule has 0 aliphatic carbocycles. The van der Waals surface area contributed by atoms with Crippen LogP contribution in [0.4, 0.5) is 11.5 Å². The van der Waals surface area contributed by atoms with Crippen molar-refractivity contribution in [1.29, 1.82) is 0 Å². The van der Waals surface area contributed by atoms with E-state index in [9.17, 15) is 4.79 Å². The lowest BCUT2D eigenvalue weighted by atomic mass is 10.1. The summed E-state index contributed by atoms with van der Waals surface area (Å²) in [5, 5.41) is 4.59. The molecule has 0 fully saturated rings. The maximum absolute atomic E-state index is 12.5. The van der Waals surface area contributed by atoms with Crippen LogP contribution in [0.3, 0.4) is 0 Å². The Morgan fingerprint density at radius 2 is 1.89 bits per heavy atom. The second-order valence-corrected chi connectivity index (χ2v) is 6.26. The fourth-order valence-electron chi connectivity index (χ4n) is 3.04. The van der Waals surface area contributed by atoms with Gasteiger partial charge in [0.25, 0.3) is 5.56 Å². The lowest BCUT2D eigenvalue weighted by Crippen LogP contribution is -2.09. The summed E-state index contributed by atoms with van der Waals surface area (Å²) >= 11 is 0. The Balaban J connectivity index is 1.76. The van der Waals surface area contributed by atoms with E-state index in [2.05, 4.69) is 15.3 Å². The molecule has 4 aromatic rings. The molecular formula is C23H19N3O2. The van der Waals surface area contributed by atoms with Gasteiger partial charge >= 0.3 is 0 Å². The lowest BCUT2D eigenvalue weighted by Gasteiger charge is -2.10. The fourth-order valence-corrected chi connectivity index (χ4v) is 3.04. The number of pyridine rings is 2. The van der Waals surface area contributed by atoms with Gasteiger partial charge in [-0.05, 0) is 35.9 Å². The van der Waals surface area contributed by atoms with Crippen LogP contribution in [0.15, 0.2) is 77.9 Å². The summed E-state index contributed by atoms with van der Waals surface area (Å²) in [5.41, 5.74) is 2.56. The van der Waals surface area contributed by atoms with Crippen molar-refractivity contribution < 1.29 is 4.74 Å². The highest BCUT2D eigenvalue weighted by Gasteiger charge is 2.10. The van der Waals surface area contributed by atoms with Crippen molar-refractivity contribution in [3.05, 3.63) is 94.5 Å². The van der Waals surface area contributed by atoms with Crippen LogP contribution in [-0.2, 0) is 0 Å². The first kappa shape index (κ1) is 17.5. The van der Waals surface area contributed by atoms with Crippen LogP contribution < -0.4 is 15.6 Å². The molecule has 5 heteroatoms. The molecule has 0 aliphatic heterocycles. The van der Waals surface area contributed by atoms with Crippen molar-refractivity contribution in [3.63, 3.8) is 0 Å². The molecule has 0 unspecified atom stereocenters. The molecule has 0 radical (unpaired) electrons. The summed E-state index contributed by atoms with van der Waals surface area (Å²) in [5.74, 6) is 1.32. The third-order valence-electron chi connectivity index (χ3n) is 4.43. The van der Waals surface area contributed by atoms with Gasteiger partial charge in [0.1, 0.15) is 11.6 Å². The number of nitrogens with one attached hydrogen (secondary N) is 2. The van der Waals surface area contributed by atoms with Crippen molar-refractivity contribution in [3.8, 4) is 5.75 Å². The first-order valence-electron chi connectivity index (χ1n) is 8.89. The second-order valence-electron chi connectivity index (χ2n) is 6.26. The van der Waals surface area contributed by atoms with Gasteiger partial charge in [-0.2, -0.15) is 0 Å². The topological polar surface area (TPSA) is 67.0 Å². The number of para-hydroxylation sites is 1. The molecule has 0 saturated heterocycles. The molecule has 0 amide bonds. The minimum absolute atomic E-state index is 0.180. The molecule has 0 atom stereocenters. The summed E-state index contributed by atoms with van der Waals surface area (Å²) in [6.07, 6.45) is 7.35. The molecule has 0 spiro atoms. The van der Waals surface area contributed by atoms with E-state index in [1.807, 2.05) is 72.8 Å². The quantitative estimate of drug-likeness (QED) is 0.528. The molecular weight excluding hydrogens is 350 g/mol. The summed E-state index contributed by atoms with van der Waals surface area (Å²) in [7, 11) is 1.64. The van der Waals surface area contributed by atoms with Gasteiger partial charge in [-0.25, -0.2) is 4.98 Å². The standard InChI is InChI=1S/C23H19N3O2/c1-28-19-9-5-6-16(14-19)10-11-17-15-25-22(26-18-7-3-2-4-8-18)21-20(17)12-13-24-23(21)27/h2-15H,1H3,(H,24,27)(H,25,26). The molecule has 28 heavy (non-hydrogen) atoms.